The van der Waals surface area contributed by atoms with Crippen LogP contribution in [0.2, 0.25) is 0 Å². The molecule has 0 atom stereocenters. The van der Waals surface area contributed by atoms with Crippen molar-refractivity contribution in [2.45, 2.75) is 40.0 Å². The minimum Gasteiger partial charge on any atom is -0.465 e. The van der Waals surface area contributed by atoms with Gasteiger partial charge in [-0.2, -0.15) is 0 Å². The summed E-state index contributed by atoms with van der Waals surface area (Å²) in [6, 6.07) is 0. The lowest BCUT2D eigenvalue weighted by Gasteiger charge is -2.33. The van der Waals surface area contributed by atoms with E-state index in [9.17, 15) is 9.59 Å². The monoisotopic (exact) mass is 266 g/mol. The molecule has 0 fully saturated rings. The highest BCUT2D eigenvalue weighted by Gasteiger charge is 2.50. The van der Waals surface area contributed by atoms with Gasteiger partial charge >= 0.3 is 11.9 Å². The van der Waals surface area contributed by atoms with E-state index < -0.39 is 17.4 Å². The number of carbonyl (C=O) groups excluding carboxylic acids is 2. The SMILES string of the molecule is C=CC1=C(C)CC(C(=O)OCC)(C(=O)OCC)CC1. The third kappa shape index (κ3) is 3.06. The van der Waals surface area contributed by atoms with Gasteiger partial charge in [0.1, 0.15) is 0 Å². The molecule has 0 radical (unpaired) electrons. The zero-order valence-corrected chi connectivity index (χ0v) is 12.0. The van der Waals surface area contributed by atoms with Crippen molar-refractivity contribution in [1.82, 2.24) is 0 Å². The Labute approximate surface area is 114 Å². The average molecular weight is 266 g/mol. The first kappa shape index (κ1) is 15.5. The number of hydrogen-bond acceptors (Lipinski definition) is 4. The molecule has 1 aliphatic rings. The van der Waals surface area contributed by atoms with E-state index in [1.807, 2.05) is 6.92 Å². The predicted molar refractivity (Wildman–Crippen MR) is 72.4 cm³/mol. The molecule has 4 heteroatoms. The minimum atomic E-state index is -1.18. The summed E-state index contributed by atoms with van der Waals surface area (Å²) in [6.45, 7) is 9.66. The van der Waals surface area contributed by atoms with Crippen LogP contribution in [0.15, 0.2) is 23.8 Å². The molecule has 0 bridgehead atoms. The van der Waals surface area contributed by atoms with Crippen LogP contribution in [0, 0.1) is 5.41 Å². The fraction of sp³-hybridized carbons (Fsp3) is 0.600. The highest BCUT2D eigenvalue weighted by atomic mass is 16.6. The van der Waals surface area contributed by atoms with Gasteiger partial charge in [-0.15, -0.1) is 0 Å². The third-order valence-corrected chi connectivity index (χ3v) is 3.51. The Morgan fingerprint density at radius 1 is 1.26 bits per heavy atom. The Morgan fingerprint density at radius 3 is 2.16 bits per heavy atom. The van der Waals surface area contributed by atoms with Gasteiger partial charge in [0.25, 0.3) is 0 Å². The maximum Gasteiger partial charge on any atom is 0.323 e. The normalized spacial score (nSPS) is 17.8. The van der Waals surface area contributed by atoms with E-state index in [0.29, 0.717) is 19.3 Å². The van der Waals surface area contributed by atoms with Crippen LogP contribution in [0.1, 0.15) is 40.0 Å². The van der Waals surface area contributed by atoms with Crippen LogP contribution in [-0.2, 0) is 19.1 Å². The van der Waals surface area contributed by atoms with E-state index in [1.54, 1.807) is 19.9 Å². The van der Waals surface area contributed by atoms with Gasteiger partial charge in [-0.3, -0.25) is 9.59 Å². The van der Waals surface area contributed by atoms with Gasteiger partial charge < -0.3 is 9.47 Å². The van der Waals surface area contributed by atoms with Gasteiger partial charge in [0.15, 0.2) is 5.41 Å². The lowest BCUT2D eigenvalue weighted by atomic mass is 9.71. The molecular weight excluding hydrogens is 244 g/mol. The van der Waals surface area contributed by atoms with E-state index in [1.165, 1.54) is 0 Å². The van der Waals surface area contributed by atoms with Crippen molar-refractivity contribution in [2.24, 2.45) is 5.41 Å². The van der Waals surface area contributed by atoms with Crippen molar-refractivity contribution >= 4 is 11.9 Å². The van der Waals surface area contributed by atoms with Gasteiger partial charge in [0.2, 0.25) is 0 Å². The summed E-state index contributed by atoms with van der Waals surface area (Å²) in [5, 5.41) is 0. The first-order valence-electron chi connectivity index (χ1n) is 6.67. The molecule has 0 aromatic rings. The molecular formula is C15H22O4. The highest BCUT2D eigenvalue weighted by molar-refractivity contribution is 6.00. The molecule has 1 aliphatic carbocycles. The number of esters is 2. The predicted octanol–water partition coefficient (Wildman–Crippen LogP) is 2.79. The molecule has 0 aromatic carbocycles. The van der Waals surface area contributed by atoms with Crippen LogP contribution < -0.4 is 0 Å². The Bertz CT molecular complexity index is 388. The molecule has 0 unspecified atom stereocenters. The highest BCUT2D eigenvalue weighted by Crippen LogP contribution is 2.41. The van der Waals surface area contributed by atoms with E-state index in [2.05, 4.69) is 6.58 Å². The summed E-state index contributed by atoms with van der Waals surface area (Å²) in [5.74, 6) is -0.952. The minimum absolute atomic E-state index is 0.261. The maximum absolute atomic E-state index is 12.2. The van der Waals surface area contributed by atoms with Gasteiger partial charge in [0.05, 0.1) is 13.2 Å². The van der Waals surface area contributed by atoms with E-state index >= 15 is 0 Å². The molecule has 0 amide bonds. The summed E-state index contributed by atoms with van der Waals surface area (Å²) in [6.07, 6.45) is 3.21. The fourth-order valence-corrected chi connectivity index (χ4v) is 2.46. The van der Waals surface area contributed by atoms with Crippen molar-refractivity contribution in [3.05, 3.63) is 23.8 Å². The number of rotatable bonds is 5. The van der Waals surface area contributed by atoms with E-state index in [0.717, 1.165) is 11.1 Å². The number of carbonyl (C=O) groups is 2. The van der Waals surface area contributed by atoms with Crippen LogP contribution in [0.5, 0.6) is 0 Å². The third-order valence-electron chi connectivity index (χ3n) is 3.51. The molecule has 4 nitrogen and oxygen atoms in total. The fourth-order valence-electron chi connectivity index (χ4n) is 2.46. The summed E-state index contributed by atoms with van der Waals surface area (Å²) in [4.78, 5) is 24.4. The van der Waals surface area contributed by atoms with Crippen molar-refractivity contribution in [2.75, 3.05) is 13.2 Å². The quantitative estimate of drug-likeness (QED) is 0.567. The van der Waals surface area contributed by atoms with Crippen molar-refractivity contribution < 1.29 is 19.1 Å². The summed E-state index contributed by atoms with van der Waals surface area (Å²) in [5.41, 5.74) is 0.925. The molecule has 0 aliphatic heterocycles. The van der Waals surface area contributed by atoms with Gasteiger partial charge in [0, 0.05) is 0 Å². The summed E-state index contributed by atoms with van der Waals surface area (Å²) < 4.78 is 10.2. The average Bonchev–Trinajstić information content (AvgIpc) is 2.39. The molecule has 0 saturated carbocycles. The first-order chi connectivity index (χ1) is 9.01. The largest absolute Gasteiger partial charge is 0.465 e. The molecule has 0 heterocycles. The van der Waals surface area contributed by atoms with E-state index in [-0.39, 0.29) is 13.2 Å². The molecule has 1 rings (SSSR count). The number of hydrogen-bond donors (Lipinski definition) is 0. The smallest absolute Gasteiger partial charge is 0.323 e. The lowest BCUT2D eigenvalue weighted by molar-refractivity contribution is -0.173. The van der Waals surface area contributed by atoms with Crippen LogP contribution >= 0.6 is 0 Å². The van der Waals surface area contributed by atoms with E-state index in [4.69, 9.17) is 9.47 Å². The standard InChI is InChI=1S/C15H22O4/c1-5-12-8-9-15(10-11(12)4,13(16)18-6-2)14(17)19-7-3/h5H,1,6-10H2,2-4H3. The topological polar surface area (TPSA) is 52.6 Å². The first-order valence-corrected chi connectivity index (χ1v) is 6.67. The molecule has 106 valence electrons. The Morgan fingerprint density at radius 2 is 1.79 bits per heavy atom. The van der Waals surface area contributed by atoms with Crippen LogP contribution in [-0.4, -0.2) is 25.2 Å². The molecule has 0 aromatic heterocycles. The number of allylic oxidation sites excluding steroid dienone is 3. The molecule has 19 heavy (non-hydrogen) atoms. The lowest BCUT2D eigenvalue weighted by Crippen LogP contribution is -2.44. The second kappa shape index (κ2) is 6.55. The van der Waals surface area contributed by atoms with Crippen LogP contribution in [0.25, 0.3) is 0 Å². The molecule has 0 saturated heterocycles. The van der Waals surface area contributed by atoms with Crippen LogP contribution in [0.3, 0.4) is 0 Å². The second-order valence-electron chi connectivity index (χ2n) is 4.71. The summed E-state index contributed by atoms with van der Waals surface area (Å²) in [7, 11) is 0. The van der Waals surface area contributed by atoms with Crippen molar-refractivity contribution in [3.8, 4) is 0 Å². The van der Waals surface area contributed by atoms with Crippen molar-refractivity contribution in [1.29, 1.82) is 0 Å². The zero-order chi connectivity index (χ0) is 14.5. The maximum atomic E-state index is 12.2. The van der Waals surface area contributed by atoms with Gasteiger partial charge in [-0.1, -0.05) is 18.2 Å². The Hall–Kier alpha value is -1.58. The molecule has 0 N–H and O–H groups in total. The van der Waals surface area contributed by atoms with Gasteiger partial charge in [-0.25, -0.2) is 0 Å². The number of ether oxygens (including phenoxy) is 2. The molecule has 0 spiro atoms. The van der Waals surface area contributed by atoms with Gasteiger partial charge in [-0.05, 0) is 45.6 Å². The van der Waals surface area contributed by atoms with Crippen molar-refractivity contribution in [3.63, 3.8) is 0 Å². The Balaban J connectivity index is 3.09. The zero-order valence-electron chi connectivity index (χ0n) is 12.0. The Kier molecular flexibility index (Phi) is 5.33. The second-order valence-corrected chi connectivity index (χ2v) is 4.71. The summed E-state index contributed by atoms with van der Waals surface area (Å²) >= 11 is 0. The van der Waals surface area contributed by atoms with Crippen LogP contribution in [0.4, 0.5) is 0 Å².